The van der Waals surface area contributed by atoms with E-state index in [1.165, 1.54) is 50.3 Å². The largest absolute Gasteiger partial charge is 0.370 e. The van der Waals surface area contributed by atoms with Crippen LogP contribution in [0.4, 0.5) is 5.69 Å². The van der Waals surface area contributed by atoms with Crippen LogP contribution >= 0.6 is 0 Å². The first-order valence-electron chi connectivity index (χ1n) is 6.15. The quantitative estimate of drug-likeness (QED) is 0.774. The zero-order valence-electron chi connectivity index (χ0n) is 9.87. The predicted molar refractivity (Wildman–Crippen MR) is 65.7 cm³/mol. The number of aromatic nitrogens is 1. The molecule has 0 saturated carbocycles. The molecule has 0 bridgehead atoms. The van der Waals surface area contributed by atoms with Crippen LogP contribution < -0.4 is 10.2 Å². The number of anilines is 1. The van der Waals surface area contributed by atoms with E-state index in [0.717, 1.165) is 0 Å². The monoisotopic (exact) mass is 217 g/mol. The van der Waals surface area contributed by atoms with E-state index in [0.29, 0.717) is 5.41 Å². The van der Waals surface area contributed by atoms with Crippen molar-refractivity contribution in [3.05, 3.63) is 24.0 Å². The fourth-order valence-corrected chi connectivity index (χ4v) is 3.01. The van der Waals surface area contributed by atoms with Crippen LogP contribution in [0.1, 0.15) is 18.4 Å². The van der Waals surface area contributed by atoms with Crippen molar-refractivity contribution in [2.24, 2.45) is 5.41 Å². The first-order valence-corrected chi connectivity index (χ1v) is 6.15. The van der Waals surface area contributed by atoms with Gasteiger partial charge in [0.15, 0.2) is 0 Å². The van der Waals surface area contributed by atoms with E-state index in [9.17, 15) is 0 Å². The second-order valence-electron chi connectivity index (χ2n) is 5.32. The summed E-state index contributed by atoms with van der Waals surface area (Å²) in [5.74, 6) is 0. The van der Waals surface area contributed by atoms with Gasteiger partial charge in [0.2, 0.25) is 0 Å². The Bertz CT molecular complexity index is 383. The minimum absolute atomic E-state index is 0.545. The fraction of sp³-hybridized carbons (Fsp3) is 0.615. The van der Waals surface area contributed by atoms with Crippen LogP contribution in [0.5, 0.6) is 0 Å². The molecule has 1 spiro atoms. The molecule has 3 nitrogen and oxygen atoms in total. The molecule has 0 aliphatic carbocycles. The summed E-state index contributed by atoms with van der Waals surface area (Å²) in [6, 6.07) is 2.24. The third kappa shape index (κ3) is 1.69. The molecule has 1 aromatic heterocycles. The van der Waals surface area contributed by atoms with Crippen molar-refractivity contribution in [2.75, 3.05) is 31.1 Å². The average Bonchev–Trinajstić information content (AvgIpc) is 2.90. The van der Waals surface area contributed by atoms with Gasteiger partial charge in [-0.05, 0) is 37.9 Å². The Morgan fingerprint density at radius 3 is 3.06 bits per heavy atom. The fourth-order valence-electron chi connectivity index (χ4n) is 3.01. The van der Waals surface area contributed by atoms with Crippen molar-refractivity contribution >= 4 is 5.69 Å². The second kappa shape index (κ2) is 3.74. The van der Waals surface area contributed by atoms with Crippen LogP contribution in [0.3, 0.4) is 0 Å². The Hall–Kier alpha value is -1.09. The highest BCUT2D eigenvalue weighted by molar-refractivity contribution is 5.47. The van der Waals surface area contributed by atoms with Crippen LogP contribution in [0, 0.1) is 12.3 Å². The summed E-state index contributed by atoms with van der Waals surface area (Å²) >= 11 is 0. The molecule has 3 heteroatoms. The molecule has 3 heterocycles. The predicted octanol–water partition coefficient (Wildman–Crippen LogP) is 1.58. The lowest BCUT2D eigenvalue weighted by atomic mass is 9.86. The summed E-state index contributed by atoms with van der Waals surface area (Å²) < 4.78 is 0. The van der Waals surface area contributed by atoms with Gasteiger partial charge in [0.25, 0.3) is 0 Å². The summed E-state index contributed by atoms with van der Waals surface area (Å²) in [6.45, 7) is 6.89. The van der Waals surface area contributed by atoms with E-state index >= 15 is 0 Å². The molecule has 3 rings (SSSR count). The SMILES string of the molecule is Cc1cncc(N2CCC3(CCNC3)C2)c1. The van der Waals surface area contributed by atoms with Gasteiger partial charge >= 0.3 is 0 Å². The molecule has 1 N–H and O–H groups in total. The number of nitrogens with zero attached hydrogens (tertiary/aromatic N) is 2. The van der Waals surface area contributed by atoms with Crippen molar-refractivity contribution in [1.82, 2.24) is 10.3 Å². The summed E-state index contributed by atoms with van der Waals surface area (Å²) in [4.78, 5) is 6.78. The van der Waals surface area contributed by atoms with Gasteiger partial charge in [-0.2, -0.15) is 0 Å². The minimum Gasteiger partial charge on any atom is -0.370 e. The van der Waals surface area contributed by atoms with E-state index in [-0.39, 0.29) is 0 Å². The van der Waals surface area contributed by atoms with Crippen molar-refractivity contribution < 1.29 is 0 Å². The van der Waals surface area contributed by atoms with Gasteiger partial charge in [0.1, 0.15) is 0 Å². The number of hydrogen-bond donors (Lipinski definition) is 1. The summed E-state index contributed by atoms with van der Waals surface area (Å²) in [6.07, 6.45) is 6.58. The van der Waals surface area contributed by atoms with Crippen LogP contribution in [-0.2, 0) is 0 Å². The topological polar surface area (TPSA) is 28.2 Å². The Balaban J connectivity index is 1.78. The van der Waals surface area contributed by atoms with Crippen molar-refractivity contribution in [3.8, 4) is 0 Å². The molecule has 0 amide bonds. The third-order valence-electron chi connectivity index (χ3n) is 4.00. The lowest BCUT2D eigenvalue weighted by Gasteiger charge is -2.23. The molecule has 86 valence electrons. The molecular formula is C13H19N3. The highest BCUT2D eigenvalue weighted by atomic mass is 15.2. The summed E-state index contributed by atoms with van der Waals surface area (Å²) in [5.41, 5.74) is 3.09. The van der Waals surface area contributed by atoms with Gasteiger partial charge < -0.3 is 10.2 Å². The second-order valence-corrected chi connectivity index (χ2v) is 5.32. The van der Waals surface area contributed by atoms with Gasteiger partial charge in [-0.1, -0.05) is 0 Å². The molecule has 2 aliphatic rings. The van der Waals surface area contributed by atoms with Gasteiger partial charge in [0, 0.05) is 31.2 Å². The molecule has 0 aromatic carbocycles. The Labute approximate surface area is 96.9 Å². The maximum atomic E-state index is 4.29. The van der Waals surface area contributed by atoms with E-state index in [1.807, 2.05) is 12.4 Å². The van der Waals surface area contributed by atoms with Crippen molar-refractivity contribution in [3.63, 3.8) is 0 Å². The number of rotatable bonds is 1. The van der Waals surface area contributed by atoms with E-state index in [2.05, 4.69) is 28.2 Å². The highest BCUT2D eigenvalue weighted by Gasteiger charge is 2.40. The van der Waals surface area contributed by atoms with Gasteiger partial charge in [-0.3, -0.25) is 4.98 Å². The number of pyridine rings is 1. The van der Waals surface area contributed by atoms with Crippen LogP contribution in [0.25, 0.3) is 0 Å². The number of aryl methyl sites for hydroxylation is 1. The molecule has 0 radical (unpaired) electrons. The molecular weight excluding hydrogens is 198 g/mol. The zero-order chi connectivity index (χ0) is 11.0. The maximum absolute atomic E-state index is 4.29. The van der Waals surface area contributed by atoms with Crippen molar-refractivity contribution in [1.29, 1.82) is 0 Å². The Kier molecular flexibility index (Phi) is 2.36. The Morgan fingerprint density at radius 2 is 2.31 bits per heavy atom. The normalized spacial score (nSPS) is 29.2. The number of nitrogens with one attached hydrogen (secondary N) is 1. The minimum atomic E-state index is 0.545. The van der Waals surface area contributed by atoms with Crippen LogP contribution in [0.2, 0.25) is 0 Å². The molecule has 1 aromatic rings. The molecule has 2 aliphatic heterocycles. The summed E-state index contributed by atoms with van der Waals surface area (Å²) in [5, 5.41) is 3.50. The highest BCUT2D eigenvalue weighted by Crippen LogP contribution is 2.37. The molecule has 2 fully saturated rings. The zero-order valence-corrected chi connectivity index (χ0v) is 9.87. The van der Waals surface area contributed by atoms with E-state index in [1.54, 1.807) is 0 Å². The standard InChI is InChI=1S/C13H19N3/c1-11-6-12(8-15-7-11)16-5-3-13(10-16)2-4-14-9-13/h6-8,14H,2-5,9-10H2,1H3. The van der Waals surface area contributed by atoms with Gasteiger partial charge in [-0.25, -0.2) is 0 Å². The van der Waals surface area contributed by atoms with Crippen LogP contribution in [-0.4, -0.2) is 31.2 Å². The first kappa shape index (κ1) is 10.1. The lowest BCUT2D eigenvalue weighted by Crippen LogP contribution is -2.29. The first-order chi connectivity index (χ1) is 7.77. The lowest BCUT2D eigenvalue weighted by molar-refractivity contribution is 0.369. The van der Waals surface area contributed by atoms with Crippen LogP contribution in [0.15, 0.2) is 18.5 Å². The van der Waals surface area contributed by atoms with E-state index in [4.69, 9.17) is 0 Å². The third-order valence-corrected chi connectivity index (χ3v) is 4.00. The van der Waals surface area contributed by atoms with Gasteiger partial charge in [-0.15, -0.1) is 0 Å². The molecule has 1 atom stereocenters. The average molecular weight is 217 g/mol. The van der Waals surface area contributed by atoms with E-state index < -0.39 is 0 Å². The Morgan fingerprint density at radius 1 is 1.38 bits per heavy atom. The molecule has 16 heavy (non-hydrogen) atoms. The maximum Gasteiger partial charge on any atom is 0.0555 e. The molecule has 2 saturated heterocycles. The number of hydrogen-bond acceptors (Lipinski definition) is 3. The smallest absolute Gasteiger partial charge is 0.0555 e. The molecule has 1 unspecified atom stereocenters. The van der Waals surface area contributed by atoms with Gasteiger partial charge in [0.05, 0.1) is 11.9 Å². The summed E-state index contributed by atoms with van der Waals surface area (Å²) in [7, 11) is 0. The van der Waals surface area contributed by atoms with Crippen molar-refractivity contribution in [2.45, 2.75) is 19.8 Å².